The van der Waals surface area contributed by atoms with Crippen LogP contribution in [0.3, 0.4) is 0 Å². The van der Waals surface area contributed by atoms with E-state index < -0.39 is 66.8 Å². The number of hydrogen-bond donors (Lipinski definition) is 2. The Morgan fingerprint density at radius 1 is 0.343 bits per heavy atom. The molecule has 0 aliphatic rings. The lowest BCUT2D eigenvalue weighted by Gasteiger charge is -2.45. The van der Waals surface area contributed by atoms with Gasteiger partial charge in [0.2, 0.25) is 0 Å². The van der Waals surface area contributed by atoms with E-state index in [1.54, 1.807) is 0 Å². The molecule has 0 aliphatic heterocycles. The van der Waals surface area contributed by atoms with Gasteiger partial charge >= 0.3 is 66.8 Å². The van der Waals surface area contributed by atoms with Crippen molar-refractivity contribution in [3.63, 3.8) is 0 Å². The Morgan fingerprint density at radius 2 is 0.543 bits per heavy atom. The molecule has 0 rings (SSSR count). The quantitative estimate of drug-likeness (QED) is 0.251. The molecule has 25 heteroatoms. The van der Waals surface area contributed by atoms with Gasteiger partial charge in [0.25, 0.3) is 0 Å². The summed E-state index contributed by atoms with van der Waals surface area (Å²) in [6.45, 7) is 0. The fourth-order valence-electron chi connectivity index (χ4n) is 1.90. The van der Waals surface area contributed by atoms with Crippen molar-refractivity contribution >= 4 is 7.60 Å². The summed E-state index contributed by atoms with van der Waals surface area (Å²) in [6.07, 6.45) is -16.3. The highest BCUT2D eigenvalue weighted by molar-refractivity contribution is 7.53. The van der Waals surface area contributed by atoms with Crippen LogP contribution in [0.25, 0.3) is 0 Å². The van der Waals surface area contributed by atoms with Gasteiger partial charge in [0, 0.05) is 0 Å². The third-order valence-corrected chi connectivity index (χ3v) is 5.25. The van der Waals surface area contributed by atoms with Crippen molar-refractivity contribution in [2.45, 2.75) is 59.2 Å². The van der Waals surface area contributed by atoms with Crippen LogP contribution >= 0.6 is 7.60 Å². The molecule has 3 nitrogen and oxygen atoms in total. The average molecular weight is 600 g/mol. The van der Waals surface area contributed by atoms with Crippen LogP contribution in [0.2, 0.25) is 0 Å². The molecular formula is C10H2F21O3P. The maximum Gasteiger partial charge on any atom is 0.460 e. The van der Waals surface area contributed by atoms with Crippen LogP contribution in [0.5, 0.6) is 0 Å². The van der Waals surface area contributed by atoms with E-state index in [9.17, 15) is 96.8 Å². The van der Waals surface area contributed by atoms with E-state index in [0.717, 1.165) is 0 Å². The molecule has 0 aromatic heterocycles. The van der Waals surface area contributed by atoms with E-state index in [1.807, 2.05) is 0 Å². The molecule has 1 atom stereocenters. The van der Waals surface area contributed by atoms with Crippen LogP contribution in [-0.4, -0.2) is 69.0 Å². The normalized spacial score (nSPS) is 18.5. The summed E-state index contributed by atoms with van der Waals surface area (Å²) in [5, 5.41) is -8.39. The van der Waals surface area contributed by atoms with Crippen molar-refractivity contribution in [3.05, 3.63) is 0 Å². The molecule has 1 unspecified atom stereocenters. The lowest BCUT2D eigenvalue weighted by atomic mass is 9.87. The average Bonchev–Trinajstić information content (AvgIpc) is 2.56. The molecule has 35 heavy (non-hydrogen) atoms. The molecular weight excluding hydrogens is 598 g/mol. The molecule has 0 aliphatic carbocycles. The first-order chi connectivity index (χ1) is 14.5. The van der Waals surface area contributed by atoms with Crippen molar-refractivity contribution in [1.29, 1.82) is 0 Å². The fourth-order valence-corrected chi connectivity index (χ4v) is 2.73. The van der Waals surface area contributed by atoms with Crippen LogP contribution in [0.1, 0.15) is 0 Å². The van der Waals surface area contributed by atoms with E-state index in [1.165, 1.54) is 0 Å². The third kappa shape index (κ3) is 3.91. The molecule has 0 saturated heterocycles. The minimum absolute atomic E-state index is 8.00. The van der Waals surface area contributed by atoms with Crippen molar-refractivity contribution in [2.75, 3.05) is 0 Å². The first-order valence-corrected chi connectivity index (χ1v) is 8.64. The molecule has 0 bridgehead atoms. The topological polar surface area (TPSA) is 57.5 Å². The molecule has 2 N–H and O–H groups in total. The number of halogens is 21. The molecule has 212 valence electrons. The van der Waals surface area contributed by atoms with Gasteiger partial charge in [0.1, 0.15) is 0 Å². The molecule has 0 aromatic rings. The predicted octanol–water partition coefficient (Wildman–Crippen LogP) is 6.40. The van der Waals surface area contributed by atoms with E-state index in [0.29, 0.717) is 0 Å². The minimum Gasteiger partial charge on any atom is -0.322 e. The summed E-state index contributed by atoms with van der Waals surface area (Å²) in [7, 11) is -8.68. The molecule has 0 spiro atoms. The minimum atomic E-state index is -9.38. The summed E-state index contributed by atoms with van der Waals surface area (Å²) in [4.78, 5) is 16.0. The van der Waals surface area contributed by atoms with Gasteiger partial charge in [0.05, 0.1) is 0 Å². The van der Waals surface area contributed by atoms with Gasteiger partial charge < -0.3 is 9.79 Å². The van der Waals surface area contributed by atoms with E-state index in [4.69, 9.17) is 9.79 Å². The molecule has 0 radical (unpaired) electrons. The Balaban J connectivity index is 7.36. The molecule has 0 saturated carbocycles. The van der Waals surface area contributed by atoms with Crippen molar-refractivity contribution in [1.82, 2.24) is 0 Å². The lowest BCUT2D eigenvalue weighted by molar-refractivity contribution is -0.468. The van der Waals surface area contributed by atoms with Crippen LogP contribution in [0.4, 0.5) is 92.2 Å². The molecule has 0 heterocycles. The Morgan fingerprint density at radius 3 is 0.714 bits per heavy atom. The zero-order chi connectivity index (χ0) is 29.5. The maximum atomic E-state index is 13.6. The van der Waals surface area contributed by atoms with Gasteiger partial charge in [-0.1, -0.05) is 0 Å². The first-order valence-electron chi connectivity index (χ1n) is 7.02. The smallest absolute Gasteiger partial charge is 0.322 e. The maximum absolute atomic E-state index is 13.6. The number of rotatable bonds is 8. The fraction of sp³-hybridized carbons (Fsp3) is 1.00. The molecule has 0 aromatic carbocycles. The largest absolute Gasteiger partial charge is 0.460 e. The molecule has 0 fully saturated rings. The zero-order valence-electron chi connectivity index (χ0n) is 14.7. The summed E-state index contributed by atoms with van der Waals surface area (Å²) in [5.74, 6) is -63.8. The van der Waals surface area contributed by atoms with Gasteiger partial charge in [-0.3, -0.25) is 4.57 Å². The second-order valence-electron chi connectivity index (χ2n) is 6.18. The lowest BCUT2D eigenvalue weighted by Crippen LogP contribution is -2.77. The van der Waals surface area contributed by atoms with E-state index in [-0.39, 0.29) is 0 Å². The van der Waals surface area contributed by atoms with Gasteiger partial charge in [-0.05, 0) is 0 Å². The zero-order valence-corrected chi connectivity index (χ0v) is 15.6. The SMILES string of the molecule is O=P(O)(O)C(F)(C(F)(F)F)C(F)(F)C(F)(F)C(F)(F)C(F)(F)C(F)(F)C(F)(F)C(F)(F)C(F)(F)F. The predicted molar refractivity (Wildman–Crippen MR) is 62.6 cm³/mol. The summed E-state index contributed by atoms with van der Waals surface area (Å²) in [6, 6.07) is 0. The van der Waals surface area contributed by atoms with Crippen LogP contribution < -0.4 is 0 Å². The van der Waals surface area contributed by atoms with Crippen molar-refractivity contribution < 1.29 is 107 Å². The summed E-state index contributed by atoms with van der Waals surface area (Å²) >= 11 is 0. The van der Waals surface area contributed by atoms with Crippen LogP contribution in [0, 0.1) is 0 Å². The monoisotopic (exact) mass is 600 g/mol. The third-order valence-electron chi connectivity index (χ3n) is 3.92. The van der Waals surface area contributed by atoms with Gasteiger partial charge in [-0.15, -0.1) is 0 Å². The second kappa shape index (κ2) is 7.84. The molecule has 0 amide bonds. The first kappa shape index (κ1) is 33.7. The van der Waals surface area contributed by atoms with Crippen molar-refractivity contribution in [2.24, 2.45) is 0 Å². The van der Waals surface area contributed by atoms with Crippen molar-refractivity contribution in [3.8, 4) is 0 Å². The second-order valence-corrected chi connectivity index (χ2v) is 7.89. The van der Waals surface area contributed by atoms with E-state index >= 15 is 0 Å². The highest BCUT2D eigenvalue weighted by atomic mass is 31.2. The Kier molecular flexibility index (Phi) is 7.54. The number of alkyl halides is 21. The standard InChI is InChI=1S/C10H2F21O3P/c11-1(12,3(15,16)5(19,20)7(23,24)9(26,27)28)2(13,14)4(17,18)6(21,22)8(25,10(29,30)31)35(32,33)34/h(H2,32,33,34). The van der Waals surface area contributed by atoms with Gasteiger partial charge in [-0.25, -0.2) is 4.39 Å². The highest BCUT2D eigenvalue weighted by Gasteiger charge is 2.99. The Bertz CT molecular complexity index is 848. The Labute approximate surface area is 175 Å². The number of hydrogen-bond acceptors (Lipinski definition) is 1. The van der Waals surface area contributed by atoms with Gasteiger partial charge in [0.15, 0.2) is 0 Å². The Hall–Kier alpha value is -1.32. The van der Waals surface area contributed by atoms with E-state index in [2.05, 4.69) is 0 Å². The highest BCUT2D eigenvalue weighted by Crippen LogP contribution is 2.72. The van der Waals surface area contributed by atoms with Gasteiger partial charge in [-0.2, -0.15) is 87.8 Å². The van der Waals surface area contributed by atoms with Crippen LogP contribution in [0.15, 0.2) is 0 Å². The van der Waals surface area contributed by atoms with Crippen LogP contribution in [-0.2, 0) is 4.57 Å². The summed E-state index contributed by atoms with van der Waals surface area (Å²) in [5.41, 5.74) is 0. The summed E-state index contributed by atoms with van der Waals surface area (Å²) < 4.78 is 281.